The zero-order valence-corrected chi connectivity index (χ0v) is 12.6. The molecule has 2 rings (SSSR count). The Morgan fingerprint density at radius 3 is 2.48 bits per heavy atom. The molecule has 1 atom stereocenters. The summed E-state index contributed by atoms with van der Waals surface area (Å²) in [5, 5.41) is 18.3. The lowest BCUT2D eigenvalue weighted by Gasteiger charge is -2.44. The molecular weight excluding hydrogens is 270 g/mol. The molecule has 114 valence electrons. The number of aromatic carboxylic acids is 1. The molecule has 0 saturated heterocycles. The lowest BCUT2D eigenvalue weighted by molar-refractivity contribution is -0.139. The third-order valence-corrected chi connectivity index (χ3v) is 3.88. The van der Waals surface area contributed by atoms with Crippen molar-refractivity contribution in [1.29, 1.82) is 0 Å². The highest BCUT2D eigenvalue weighted by Crippen LogP contribution is 2.42. The molecule has 0 aliphatic carbocycles. The van der Waals surface area contributed by atoms with Crippen LogP contribution in [0.2, 0.25) is 0 Å². The van der Waals surface area contributed by atoms with Crippen LogP contribution in [0, 0.1) is 5.41 Å². The Balaban J connectivity index is 2.50. The number of aliphatic carboxylic acids is 1. The summed E-state index contributed by atoms with van der Waals surface area (Å²) in [5.41, 5.74) is 2.12. The van der Waals surface area contributed by atoms with Crippen LogP contribution in [0.1, 0.15) is 48.3 Å². The molecule has 0 aromatic heterocycles. The van der Waals surface area contributed by atoms with Gasteiger partial charge in [0, 0.05) is 12.6 Å². The first kappa shape index (κ1) is 15.5. The normalized spacial score (nSPS) is 19.1. The molecule has 2 N–H and O–H groups in total. The van der Waals surface area contributed by atoms with Gasteiger partial charge in [-0.3, -0.25) is 9.69 Å². The van der Waals surface area contributed by atoms with Crippen LogP contribution in [0.15, 0.2) is 18.2 Å². The predicted molar refractivity (Wildman–Crippen MR) is 78.5 cm³/mol. The van der Waals surface area contributed by atoms with Crippen LogP contribution in [-0.2, 0) is 11.2 Å². The highest BCUT2D eigenvalue weighted by Gasteiger charge is 2.37. The van der Waals surface area contributed by atoms with Gasteiger partial charge < -0.3 is 10.2 Å². The molecule has 0 radical (unpaired) electrons. The number of carboxylic acid groups (broad SMARTS) is 2. The van der Waals surface area contributed by atoms with Crippen molar-refractivity contribution in [2.24, 2.45) is 5.41 Å². The Morgan fingerprint density at radius 2 is 1.95 bits per heavy atom. The molecule has 1 aliphatic heterocycles. The van der Waals surface area contributed by atoms with Gasteiger partial charge in [-0.15, -0.1) is 0 Å². The average Bonchev–Trinajstić information content (AvgIpc) is 2.35. The number of hydrogen-bond donors (Lipinski definition) is 2. The fraction of sp³-hybridized carbons (Fsp3) is 0.500. The maximum atomic E-state index is 11.2. The lowest BCUT2D eigenvalue weighted by Crippen LogP contribution is -2.44. The summed E-state index contributed by atoms with van der Waals surface area (Å²) in [5.74, 6) is -1.82. The molecule has 5 nitrogen and oxygen atoms in total. The third-order valence-electron chi connectivity index (χ3n) is 3.88. The Morgan fingerprint density at radius 1 is 1.29 bits per heavy atom. The minimum absolute atomic E-state index is 0.0291. The molecule has 1 heterocycles. The van der Waals surface area contributed by atoms with Crippen LogP contribution in [0.3, 0.4) is 0 Å². The summed E-state index contributed by atoms with van der Waals surface area (Å²) in [4.78, 5) is 24.2. The van der Waals surface area contributed by atoms with Gasteiger partial charge >= 0.3 is 11.9 Å². The van der Waals surface area contributed by atoms with Gasteiger partial charge in [0.15, 0.2) is 0 Å². The molecule has 1 unspecified atom stereocenters. The number of hydrogen-bond acceptors (Lipinski definition) is 3. The molecule has 0 saturated carbocycles. The summed E-state index contributed by atoms with van der Waals surface area (Å²) in [6, 6.07) is 5.07. The van der Waals surface area contributed by atoms with Crippen molar-refractivity contribution in [2.45, 2.75) is 33.2 Å². The van der Waals surface area contributed by atoms with Crippen LogP contribution >= 0.6 is 0 Å². The summed E-state index contributed by atoms with van der Waals surface area (Å²) >= 11 is 0. The first-order chi connectivity index (χ1) is 9.70. The van der Waals surface area contributed by atoms with Crippen LogP contribution in [-0.4, -0.2) is 40.1 Å². The van der Waals surface area contributed by atoms with Crippen LogP contribution in [0.4, 0.5) is 0 Å². The summed E-state index contributed by atoms with van der Waals surface area (Å²) in [6.07, 6.45) is 0.745. The van der Waals surface area contributed by atoms with Gasteiger partial charge in [0.25, 0.3) is 0 Å². The fourth-order valence-electron chi connectivity index (χ4n) is 3.16. The average molecular weight is 291 g/mol. The Bertz CT molecular complexity index is 574. The molecule has 1 aliphatic rings. The highest BCUT2D eigenvalue weighted by molar-refractivity contribution is 5.88. The minimum Gasteiger partial charge on any atom is -0.480 e. The second kappa shape index (κ2) is 5.48. The molecule has 0 amide bonds. The Labute approximate surface area is 124 Å². The van der Waals surface area contributed by atoms with Crippen molar-refractivity contribution in [2.75, 3.05) is 13.1 Å². The number of carbonyl (C=O) groups is 2. The van der Waals surface area contributed by atoms with Crippen LogP contribution in [0.5, 0.6) is 0 Å². The van der Waals surface area contributed by atoms with E-state index < -0.39 is 11.9 Å². The van der Waals surface area contributed by atoms with Gasteiger partial charge in [-0.2, -0.15) is 0 Å². The molecule has 0 spiro atoms. The lowest BCUT2D eigenvalue weighted by atomic mass is 9.76. The van der Waals surface area contributed by atoms with E-state index in [1.807, 2.05) is 11.0 Å². The third kappa shape index (κ3) is 3.24. The van der Waals surface area contributed by atoms with Gasteiger partial charge in [0.05, 0.1) is 12.1 Å². The molecule has 0 fully saturated rings. The van der Waals surface area contributed by atoms with Gasteiger partial charge in [0.2, 0.25) is 0 Å². The van der Waals surface area contributed by atoms with E-state index in [1.165, 1.54) is 0 Å². The maximum absolute atomic E-state index is 11.2. The smallest absolute Gasteiger partial charge is 0.335 e. The molecule has 5 heteroatoms. The topological polar surface area (TPSA) is 77.8 Å². The maximum Gasteiger partial charge on any atom is 0.335 e. The Hall–Kier alpha value is -1.88. The number of rotatable bonds is 3. The van der Waals surface area contributed by atoms with Gasteiger partial charge in [0.1, 0.15) is 0 Å². The minimum atomic E-state index is -0.958. The second-order valence-corrected chi connectivity index (χ2v) is 6.60. The van der Waals surface area contributed by atoms with E-state index in [0.717, 1.165) is 17.5 Å². The number of benzene rings is 1. The second-order valence-electron chi connectivity index (χ2n) is 6.60. The summed E-state index contributed by atoms with van der Waals surface area (Å²) in [7, 11) is 0. The summed E-state index contributed by atoms with van der Waals surface area (Å²) < 4.78 is 0. The van der Waals surface area contributed by atoms with Crippen molar-refractivity contribution in [3.63, 3.8) is 0 Å². The number of nitrogens with zero attached hydrogens (tertiary/aromatic N) is 1. The van der Waals surface area contributed by atoms with Gasteiger partial charge in [-0.05, 0) is 35.1 Å². The Kier molecular flexibility index (Phi) is 4.05. The highest BCUT2D eigenvalue weighted by atomic mass is 16.4. The predicted octanol–water partition coefficient (Wildman–Crippen LogP) is 2.41. The van der Waals surface area contributed by atoms with E-state index in [2.05, 4.69) is 20.8 Å². The SMILES string of the molecule is CC(C)(C)C1c2cc(C(=O)O)ccc2CCN1CC(=O)O. The molecular formula is C16H21NO4. The molecule has 0 bridgehead atoms. The molecule has 1 aromatic rings. The van der Waals surface area contributed by atoms with E-state index in [0.29, 0.717) is 6.54 Å². The monoisotopic (exact) mass is 291 g/mol. The zero-order chi connectivity index (χ0) is 15.8. The zero-order valence-electron chi connectivity index (χ0n) is 12.6. The number of fused-ring (bicyclic) bond motifs is 1. The van der Waals surface area contributed by atoms with Crippen molar-refractivity contribution >= 4 is 11.9 Å². The van der Waals surface area contributed by atoms with E-state index in [-0.39, 0.29) is 23.6 Å². The standard InChI is InChI=1S/C16H21NO4/c1-16(2,3)14-12-8-11(15(20)21)5-4-10(12)6-7-17(14)9-13(18)19/h4-5,8,14H,6-7,9H2,1-3H3,(H,18,19)(H,20,21). The van der Waals surface area contributed by atoms with Crippen molar-refractivity contribution in [3.8, 4) is 0 Å². The van der Waals surface area contributed by atoms with E-state index in [4.69, 9.17) is 5.11 Å². The quantitative estimate of drug-likeness (QED) is 0.894. The van der Waals surface area contributed by atoms with Crippen molar-refractivity contribution in [3.05, 3.63) is 34.9 Å². The van der Waals surface area contributed by atoms with Gasteiger partial charge in [-0.25, -0.2) is 4.79 Å². The largest absolute Gasteiger partial charge is 0.480 e. The summed E-state index contributed by atoms with van der Waals surface area (Å²) in [6.45, 7) is 6.80. The van der Waals surface area contributed by atoms with Gasteiger partial charge in [-0.1, -0.05) is 26.8 Å². The van der Waals surface area contributed by atoms with Crippen molar-refractivity contribution in [1.82, 2.24) is 4.90 Å². The van der Waals surface area contributed by atoms with E-state index >= 15 is 0 Å². The van der Waals surface area contributed by atoms with Crippen molar-refractivity contribution < 1.29 is 19.8 Å². The van der Waals surface area contributed by atoms with Crippen LogP contribution < -0.4 is 0 Å². The van der Waals surface area contributed by atoms with E-state index in [9.17, 15) is 14.7 Å². The fourth-order valence-corrected chi connectivity index (χ4v) is 3.16. The first-order valence-electron chi connectivity index (χ1n) is 7.02. The number of carboxylic acids is 2. The first-order valence-corrected chi connectivity index (χ1v) is 7.02. The van der Waals surface area contributed by atoms with E-state index in [1.54, 1.807) is 12.1 Å². The molecule has 21 heavy (non-hydrogen) atoms. The molecule has 1 aromatic carbocycles. The van der Waals surface area contributed by atoms with Crippen LogP contribution in [0.25, 0.3) is 0 Å².